The Morgan fingerprint density at radius 3 is 2.05 bits per heavy atom. The van der Waals surface area contributed by atoms with Crippen LogP contribution in [-0.2, 0) is 13.5 Å². The Bertz CT molecular complexity index is 416. The van der Waals surface area contributed by atoms with E-state index in [1.165, 1.54) is 0 Å². The van der Waals surface area contributed by atoms with E-state index in [0.717, 1.165) is 11.3 Å². The zero-order chi connectivity index (χ0) is 15.1. The van der Waals surface area contributed by atoms with Crippen molar-refractivity contribution in [2.45, 2.75) is 20.0 Å². The molecule has 0 aliphatic carbocycles. The minimum absolute atomic E-state index is 0.163. The van der Waals surface area contributed by atoms with Crippen molar-refractivity contribution in [2.24, 2.45) is 0 Å². The summed E-state index contributed by atoms with van der Waals surface area (Å²) in [6, 6.07) is 7.78. The van der Waals surface area contributed by atoms with Gasteiger partial charge in [-0.3, -0.25) is 0 Å². The first kappa shape index (κ1) is 18.9. The quantitative estimate of drug-likeness (QED) is 0.515. The molecule has 0 spiro atoms. The van der Waals surface area contributed by atoms with Crippen molar-refractivity contribution in [3.8, 4) is 5.75 Å². The van der Waals surface area contributed by atoms with E-state index in [-0.39, 0.29) is 6.10 Å². The van der Waals surface area contributed by atoms with Gasteiger partial charge in [-0.2, -0.15) is 0 Å². The molecule has 0 aliphatic rings. The van der Waals surface area contributed by atoms with Crippen LogP contribution in [-0.4, -0.2) is 18.0 Å². The smallest absolute Gasteiger partial charge is 0.418 e. The predicted molar refractivity (Wildman–Crippen MR) is 69.3 cm³/mol. The average Bonchev–Trinajstić information content (AvgIpc) is 2.16. The van der Waals surface area contributed by atoms with Crippen LogP contribution in [0, 0.1) is 0 Å². The maximum absolute atomic E-state index is 9.75. The number of rotatable bonds is 3. The van der Waals surface area contributed by atoms with E-state index < -0.39 is 20.8 Å². The molecule has 0 bridgehead atoms. The van der Waals surface area contributed by atoms with E-state index in [0.29, 0.717) is 0 Å². The van der Waals surface area contributed by atoms with Gasteiger partial charge in [0, 0.05) is 0 Å². The molecule has 0 aromatic heterocycles. The van der Waals surface area contributed by atoms with Gasteiger partial charge in [0.2, 0.25) is 0 Å². The number of halogens is 6. The first-order valence-electron chi connectivity index (χ1n) is 5.05. The number of para-hydroxylation sites is 1. The van der Waals surface area contributed by atoms with E-state index in [2.05, 4.69) is 0 Å². The van der Waals surface area contributed by atoms with Crippen LogP contribution in [0.1, 0.15) is 19.4 Å². The fraction of sp³-hybridized carbons (Fsp3) is 0.300. The summed E-state index contributed by atoms with van der Waals surface area (Å²) in [4.78, 5) is 0. The van der Waals surface area contributed by atoms with Crippen LogP contribution in [0.15, 0.2) is 24.3 Å². The van der Waals surface area contributed by atoms with Gasteiger partial charge in [-0.25, -0.2) is 0 Å². The number of hydrogen-bond donors (Lipinski definition) is 0. The molecule has 0 N–H and O–H groups in total. The van der Waals surface area contributed by atoms with Crippen LogP contribution >= 0.6 is 19.4 Å². The fourth-order valence-electron chi connectivity index (χ4n) is 1.01. The van der Waals surface area contributed by atoms with Gasteiger partial charge in [0.1, 0.15) is 0 Å². The number of ether oxygens (including phenoxy) is 1. The molecule has 114 valence electrons. The molecule has 0 saturated heterocycles. The van der Waals surface area contributed by atoms with Crippen LogP contribution in [0.4, 0.5) is 17.3 Å². The zero-order valence-corrected chi connectivity index (χ0v) is 13.3. The second-order valence-corrected chi connectivity index (χ2v) is 9.23. The zero-order valence-electron chi connectivity index (χ0n) is 10.1. The molecule has 0 amide bonds. The molecule has 0 fully saturated rings. The van der Waals surface area contributed by atoms with Gasteiger partial charge in [-0.1, -0.05) is 0 Å². The van der Waals surface area contributed by atoms with Gasteiger partial charge in [-0.05, 0) is 0 Å². The van der Waals surface area contributed by atoms with E-state index in [1.807, 2.05) is 42.7 Å². The van der Waals surface area contributed by atoms with Crippen molar-refractivity contribution in [3.63, 3.8) is 0 Å². The molecule has 0 radical (unpaired) electrons. The van der Waals surface area contributed by atoms with Crippen molar-refractivity contribution < 1.29 is 35.5 Å². The average molecular weight is 407 g/mol. The van der Waals surface area contributed by atoms with E-state index in [9.17, 15) is 17.3 Å². The maximum Gasteiger partial charge on any atom is 0.673 e. The molecule has 1 nitrogen and oxygen atoms in total. The molecule has 1 aromatic carbocycles. The van der Waals surface area contributed by atoms with Crippen LogP contribution in [0.5, 0.6) is 5.75 Å². The molecule has 1 aromatic rings. The predicted octanol–water partition coefficient (Wildman–Crippen LogP) is 4.85. The molecule has 0 aliphatic heterocycles. The summed E-state index contributed by atoms with van der Waals surface area (Å²) in [6.45, 7) is 3.99. The Kier molecular flexibility index (Phi) is 8.88. The maximum atomic E-state index is 9.75. The van der Waals surface area contributed by atoms with Gasteiger partial charge in [0.05, 0.1) is 0 Å². The van der Waals surface area contributed by atoms with E-state index >= 15 is 0 Å². The molecular weight excluding hydrogens is 395 g/mol. The van der Waals surface area contributed by atoms with Crippen LogP contribution in [0.3, 0.4) is 0 Å². The van der Waals surface area contributed by atoms with E-state index in [4.69, 9.17) is 24.1 Å². The van der Waals surface area contributed by atoms with Gasteiger partial charge in [-0.15, -0.1) is 0 Å². The summed E-state index contributed by atoms with van der Waals surface area (Å²) in [7, 11) is 5.64. The van der Waals surface area contributed by atoms with E-state index in [1.54, 1.807) is 0 Å². The molecule has 19 heavy (non-hydrogen) atoms. The Morgan fingerprint density at radius 2 is 1.63 bits per heavy atom. The topological polar surface area (TPSA) is 9.23 Å². The molecular formula is C10H12BCl2F4ORu-3. The van der Waals surface area contributed by atoms with Gasteiger partial charge < -0.3 is 17.3 Å². The molecule has 9 heteroatoms. The first-order chi connectivity index (χ1) is 8.59. The summed E-state index contributed by atoms with van der Waals surface area (Å²) < 4.78 is 46.5. The Labute approximate surface area is 122 Å². The minimum Gasteiger partial charge on any atom is -0.418 e. The Hall–Kier alpha value is -0.122. The van der Waals surface area contributed by atoms with Crippen molar-refractivity contribution in [1.29, 1.82) is 0 Å². The number of benzene rings is 1. The fourth-order valence-corrected chi connectivity index (χ4v) is 2.82. The second-order valence-electron chi connectivity index (χ2n) is 3.51. The SMILES string of the molecule is CC(C)Oc1ccccc1[CH]=[Ru-2]([Cl])[Cl].F[B-](F)(F)F. The third-order valence-electron chi connectivity index (χ3n) is 1.47. The summed E-state index contributed by atoms with van der Waals surface area (Å²) in [5.41, 5.74) is 0.991. The molecule has 0 atom stereocenters. The summed E-state index contributed by atoms with van der Waals surface area (Å²) in [5.74, 6) is 0.850. The Balaban J connectivity index is 0.000000555. The minimum atomic E-state index is -6.00. The van der Waals surface area contributed by atoms with Crippen molar-refractivity contribution in [1.82, 2.24) is 0 Å². The summed E-state index contributed by atoms with van der Waals surface area (Å²) >= 11 is -1.77. The molecule has 0 unspecified atom stereocenters. The van der Waals surface area contributed by atoms with Crippen LogP contribution in [0.25, 0.3) is 0 Å². The van der Waals surface area contributed by atoms with Gasteiger partial charge in [0.15, 0.2) is 0 Å². The molecule has 1 rings (SSSR count). The molecule has 0 heterocycles. The third kappa shape index (κ3) is 12.6. The third-order valence-corrected chi connectivity index (χ3v) is 3.30. The van der Waals surface area contributed by atoms with Crippen molar-refractivity contribution in [2.75, 3.05) is 0 Å². The number of hydrogen-bond acceptors (Lipinski definition) is 1. The largest absolute Gasteiger partial charge is 0.673 e. The van der Waals surface area contributed by atoms with Crippen LogP contribution in [0.2, 0.25) is 0 Å². The van der Waals surface area contributed by atoms with Crippen LogP contribution < -0.4 is 4.74 Å². The summed E-state index contributed by atoms with van der Waals surface area (Å²) in [6.07, 6.45) is 0.163. The standard InChI is InChI=1S/C10H12O.BF4.2ClH.Ru/c1-8(2)11-10-7-5-4-6-9(10)3;2-1(3,4)5;;;/h3-8H,1-2H3;;2*1H;/q;-1;;;/p-2. The van der Waals surface area contributed by atoms with Crippen molar-refractivity contribution in [3.05, 3.63) is 29.8 Å². The molecule has 0 saturated carbocycles. The van der Waals surface area contributed by atoms with Gasteiger partial charge >= 0.3 is 105 Å². The Morgan fingerprint density at radius 1 is 1.16 bits per heavy atom. The first-order valence-corrected chi connectivity index (χ1v) is 10.5. The normalized spacial score (nSPS) is 11.5. The summed E-state index contributed by atoms with van der Waals surface area (Å²) in [5, 5.41) is 0. The van der Waals surface area contributed by atoms with Crippen molar-refractivity contribution >= 4 is 31.2 Å². The monoisotopic (exact) mass is 407 g/mol. The second kappa shape index (κ2) is 8.93. The van der Waals surface area contributed by atoms with Gasteiger partial charge in [0.25, 0.3) is 0 Å².